The zero-order valence-electron chi connectivity index (χ0n) is 14.6. The van der Waals surface area contributed by atoms with Crippen molar-refractivity contribution in [2.24, 2.45) is 5.92 Å². The van der Waals surface area contributed by atoms with Gasteiger partial charge in [-0.15, -0.1) is 0 Å². The van der Waals surface area contributed by atoms with Crippen LogP contribution in [0.1, 0.15) is 30.1 Å². The molecule has 8 nitrogen and oxygen atoms in total. The second-order valence-electron chi connectivity index (χ2n) is 6.37. The first-order valence-corrected chi connectivity index (χ1v) is 8.55. The molecular formula is C18H21N5O3. The lowest BCUT2D eigenvalue weighted by molar-refractivity contribution is -0.119. The lowest BCUT2D eigenvalue weighted by atomic mass is 9.98. The van der Waals surface area contributed by atoms with Crippen LogP contribution < -0.4 is 10.2 Å². The lowest BCUT2D eigenvalue weighted by Crippen LogP contribution is -2.41. The molecule has 1 fully saturated rings. The number of carboxylic acid groups (broad SMARTS) is 1. The average Bonchev–Trinajstić information content (AvgIpc) is 2.67. The summed E-state index contributed by atoms with van der Waals surface area (Å²) in [6.07, 6.45) is 5.18. The van der Waals surface area contributed by atoms with Crippen molar-refractivity contribution in [2.45, 2.75) is 19.8 Å². The first-order valence-electron chi connectivity index (χ1n) is 8.55. The van der Waals surface area contributed by atoms with E-state index in [0.717, 1.165) is 25.9 Å². The number of carboxylic acids is 1. The maximum absolute atomic E-state index is 11.1. The van der Waals surface area contributed by atoms with Crippen LogP contribution in [0.4, 0.5) is 5.95 Å². The molecule has 2 aromatic rings. The summed E-state index contributed by atoms with van der Waals surface area (Å²) in [5.41, 5.74) is 1.26. The van der Waals surface area contributed by atoms with Crippen molar-refractivity contribution >= 4 is 17.8 Å². The Morgan fingerprint density at radius 2 is 2.08 bits per heavy atom. The fourth-order valence-corrected chi connectivity index (χ4v) is 3.05. The highest BCUT2D eigenvalue weighted by atomic mass is 16.4. The third-order valence-corrected chi connectivity index (χ3v) is 4.35. The molecule has 2 N–H and O–H groups in total. The number of nitrogens with one attached hydrogen (secondary N) is 1. The molecule has 3 rings (SSSR count). The molecule has 1 aliphatic rings. The third-order valence-electron chi connectivity index (χ3n) is 4.35. The number of aromatic nitrogens is 3. The molecule has 1 atom stereocenters. The Morgan fingerprint density at radius 1 is 1.27 bits per heavy atom. The molecule has 8 heteroatoms. The molecule has 0 aliphatic carbocycles. The van der Waals surface area contributed by atoms with Crippen molar-refractivity contribution in [2.75, 3.05) is 24.5 Å². The molecule has 0 aromatic carbocycles. The van der Waals surface area contributed by atoms with E-state index in [9.17, 15) is 9.59 Å². The van der Waals surface area contributed by atoms with Crippen LogP contribution in [0.15, 0.2) is 30.6 Å². The van der Waals surface area contributed by atoms with Crippen LogP contribution in [0.2, 0.25) is 0 Å². The zero-order chi connectivity index (χ0) is 18.5. The van der Waals surface area contributed by atoms with E-state index in [2.05, 4.69) is 25.2 Å². The van der Waals surface area contributed by atoms with Gasteiger partial charge in [-0.2, -0.15) is 0 Å². The molecule has 0 saturated carbocycles. The Labute approximate surface area is 151 Å². The number of aromatic carboxylic acids is 1. The van der Waals surface area contributed by atoms with Gasteiger partial charge in [-0.3, -0.25) is 9.78 Å². The standard InChI is InChI=1S/C18H21N5O3/c1-12(24)21-10-13-3-2-8-23(11-13)18-20-7-5-15(22-18)16-9-14(17(25)26)4-6-19-16/h4-7,9,13H,2-3,8,10-11H2,1H3,(H,21,24)(H,25,26)/t13-/m1/s1. The number of anilines is 1. The summed E-state index contributed by atoms with van der Waals surface area (Å²) in [6, 6.07) is 4.67. The number of pyridine rings is 1. The molecule has 1 amide bonds. The molecule has 0 bridgehead atoms. The van der Waals surface area contributed by atoms with Gasteiger partial charge in [0.05, 0.1) is 17.0 Å². The van der Waals surface area contributed by atoms with E-state index >= 15 is 0 Å². The molecule has 0 unspecified atom stereocenters. The number of hydrogen-bond donors (Lipinski definition) is 2. The van der Waals surface area contributed by atoms with Gasteiger partial charge in [-0.25, -0.2) is 14.8 Å². The van der Waals surface area contributed by atoms with E-state index in [0.29, 0.717) is 29.8 Å². The van der Waals surface area contributed by atoms with Crippen LogP contribution >= 0.6 is 0 Å². The number of carbonyl (C=O) groups excluding carboxylic acids is 1. The van der Waals surface area contributed by atoms with Crippen molar-refractivity contribution in [1.82, 2.24) is 20.3 Å². The Bertz CT molecular complexity index is 811. The number of nitrogens with zero attached hydrogens (tertiary/aromatic N) is 4. The molecule has 2 aromatic heterocycles. The normalized spacial score (nSPS) is 17.0. The fraction of sp³-hybridized carbons (Fsp3) is 0.389. The van der Waals surface area contributed by atoms with Gasteiger partial charge in [0.15, 0.2) is 0 Å². The number of hydrogen-bond acceptors (Lipinski definition) is 6. The molecule has 3 heterocycles. The summed E-state index contributed by atoms with van der Waals surface area (Å²) in [6.45, 7) is 3.79. The molecule has 1 saturated heterocycles. The van der Waals surface area contributed by atoms with Gasteiger partial charge in [-0.05, 0) is 37.0 Å². The van der Waals surface area contributed by atoms with Crippen molar-refractivity contribution in [3.8, 4) is 11.4 Å². The highest BCUT2D eigenvalue weighted by Crippen LogP contribution is 2.22. The van der Waals surface area contributed by atoms with Gasteiger partial charge in [0.1, 0.15) is 0 Å². The average molecular weight is 355 g/mol. The Morgan fingerprint density at radius 3 is 2.85 bits per heavy atom. The van der Waals surface area contributed by atoms with Crippen LogP contribution in [0.5, 0.6) is 0 Å². The van der Waals surface area contributed by atoms with Crippen LogP contribution in [0.3, 0.4) is 0 Å². The van der Waals surface area contributed by atoms with Crippen LogP contribution in [0, 0.1) is 5.92 Å². The number of piperidine rings is 1. The van der Waals surface area contributed by atoms with Gasteiger partial charge in [0.2, 0.25) is 11.9 Å². The molecule has 1 aliphatic heterocycles. The smallest absolute Gasteiger partial charge is 0.335 e. The molecule has 26 heavy (non-hydrogen) atoms. The van der Waals surface area contributed by atoms with E-state index in [1.54, 1.807) is 12.3 Å². The third kappa shape index (κ3) is 4.33. The summed E-state index contributed by atoms with van der Waals surface area (Å²) in [7, 11) is 0. The number of amides is 1. The largest absolute Gasteiger partial charge is 0.478 e. The minimum atomic E-state index is -1.00. The van der Waals surface area contributed by atoms with Gasteiger partial charge in [0, 0.05) is 39.0 Å². The topological polar surface area (TPSA) is 108 Å². The van der Waals surface area contributed by atoms with Gasteiger partial charge in [0.25, 0.3) is 0 Å². The minimum Gasteiger partial charge on any atom is -0.478 e. The monoisotopic (exact) mass is 355 g/mol. The van der Waals surface area contributed by atoms with Crippen LogP contribution in [0.25, 0.3) is 11.4 Å². The van der Waals surface area contributed by atoms with Crippen molar-refractivity contribution in [3.63, 3.8) is 0 Å². The SMILES string of the molecule is CC(=O)NC[C@H]1CCCN(c2nccc(-c3cc(C(=O)O)ccn3)n2)C1. The van der Waals surface area contributed by atoms with E-state index in [1.807, 2.05) is 0 Å². The second-order valence-corrected chi connectivity index (χ2v) is 6.37. The predicted octanol–water partition coefficient (Wildman–Crippen LogP) is 1.59. The maximum Gasteiger partial charge on any atom is 0.335 e. The first kappa shape index (κ1) is 17.8. The predicted molar refractivity (Wildman–Crippen MR) is 95.8 cm³/mol. The van der Waals surface area contributed by atoms with E-state index < -0.39 is 5.97 Å². The van der Waals surface area contributed by atoms with Crippen molar-refractivity contribution < 1.29 is 14.7 Å². The number of carbonyl (C=O) groups is 2. The van der Waals surface area contributed by atoms with E-state index in [1.165, 1.54) is 25.3 Å². The van der Waals surface area contributed by atoms with E-state index in [-0.39, 0.29) is 11.5 Å². The molecular weight excluding hydrogens is 334 g/mol. The van der Waals surface area contributed by atoms with Crippen LogP contribution in [-0.4, -0.2) is 51.6 Å². The molecule has 0 radical (unpaired) electrons. The van der Waals surface area contributed by atoms with Crippen molar-refractivity contribution in [3.05, 3.63) is 36.2 Å². The van der Waals surface area contributed by atoms with Gasteiger partial charge >= 0.3 is 5.97 Å². The second kappa shape index (κ2) is 7.90. The Balaban J connectivity index is 1.77. The maximum atomic E-state index is 11.1. The summed E-state index contributed by atoms with van der Waals surface area (Å²) in [5.74, 6) is -0.0737. The highest BCUT2D eigenvalue weighted by molar-refractivity contribution is 5.88. The summed E-state index contributed by atoms with van der Waals surface area (Å²) < 4.78 is 0. The quantitative estimate of drug-likeness (QED) is 0.838. The Kier molecular flexibility index (Phi) is 5.40. The molecule has 136 valence electrons. The first-order chi connectivity index (χ1) is 12.5. The van der Waals surface area contributed by atoms with Gasteiger partial charge in [-0.1, -0.05) is 0 Å². The van der Waals surface area contributed by atoms with Crippen molar-refractivity contribution in [1.29, 1.82) is 0 Å². The summed E-state index contributed by atoms with van der Waals surface area (Å²) in [5, 5.41) is 12.0. The molecule has 0 spiro atoms. The summed E-state index contributed by atoms with van der Waals surface area (Å²) in [4.78, 5) is 37.5. The van der Waals surface area contributed by atoms with E-state index in [4.69, 9.17) is 5.11 Å². The van der Waals surface area contributed by atoms with Crippen LogP contribution in [-0.2, 0) is 4.79 Å². The highest BCUT2D eigenvalue weighted by Gasteiger charge is 2.22. The lowest BCUT2D eigenvalue weighted by Gasteiger charge is -2.32. The van der Waals surface area contributed by atoms with Gasteiger partial charge < -0.3 is 15.3 Å². The zero-order valence-corrected chi connectivity index (χ0v) is 14.6. The fourth-order valence-electron chi connectivity index (χ4n) is 3.05. The minimum absolute atomic E-state index is 0.0234. The Hall–Kier alpha value is -3.03. The summed E-state index contributed by atoms with van der Waals surface area (Å²) >= 11 is 0. The number of rotatable bonds is 5.